The van der Waals surface area contributed by atoms with Gasteiger partial charge in [0.1, 0.15) is 11.6 Å². The first-order valence-electron chi connectivity index (χ1n) is 16.1. The third kappa shape index (κ3) is 6.57. The van der Waals surface area contributed by atoms with Crippen molar-refractivity contribution < 1.29 is 19.1 Å². The number of benzene rings is 3. The van der Waals surface area contributed by atoms with Crippen LogP contribution in [0.25, 0.3) is 22.4 Å². The molecule has 12 nitrogen and oxygen atoms in total. The van der Waals surface area contributed by atoms with Gasteiger partial charge in [0.15, 0.2) is 11.6 Å². The maximum absolute atomic E-state index is 13.1. The predicted octanol–water partition coefficient (Wildman–Crippen LogP) is 5.56. The van der Waals surface area contributed by atoms with Crippen molar-refractivity contribution in [3.05, 3.63) is 95.5 Å². The standard InChI is InChI=1S/C37H36N8O4/c1-21-13-26-18-39-29-17-32(22(2)14-27(29)37(48)45(26)19-21)49-12-4-5-34(47)42-33-20-44(3)36(43-33)31(46)15-23-6-8-24(9-7-23)35-40-28-11-10-25(38)16-30(28)41-35/h6-11,14,16-18,20,26H,1,4-5,12-13,15,19,38H2,2-3H3,(H,40,41)(H,42,47)/t26-/m0/s1. The van der Waals surface area contributed by atoms with Crippen LogP contribution in [-0.4, -0.2) is 67.4 Å². The normalized spacial score (nSPS) is 15.3. The van der Waals surface area contributed by atoms with Crippen molar-refractivity contribution in [2.45, 2.75) is 38.6 Å². The first kappa shape index (κ1) is 31.6. The van der Waals surface area contributed by atoms with Crippen LogP contribution in [0.2, 0.25) is 0 Å². The summed E-state index contributed by atoms with van der Waals surface area (Å²) in [7, 11) is 1.72. The number of nitrogens with one attached hydrogen (secondary N) is 2. The van der Waals surface area contributed by atoms with E-state index in [-0.39, 0.29) is 42.3 Å². The molecule has 3 aromatic carbocycles. The lowest BCUT2D eigenvalue weighted by Gasteiger charge is -2.20. The number of ketones is 1. The quantitative estimate of drug-likeness (QED) is 0.0767. The minimum atomic E-state index is -0.236. The second-order valence-corrected chi connectivity index (χ2v) is 12.6. The van der Waals surface area contributed by atoms with E-state index in [0.29, 0.717) is 48.1 Å². The molecule has 4 heterocycles. The van der Waals surface area contributed by atoms with Crippen molar-refractivity contribution in [3.8, 4) is 17.1 Å². The molecule has 0 aliphatic carbocycles. The number of anilines is 2. The highest BCUT2D eigenvalue weighted by molar-refractivity contribution is 6.03. The maximum Gasteiger partial charge on any atom is 0.256 e. The zero-order chi connectivity index (χ0) is 34.2. The number of H-pyrrole nitrogens is 1. The SMILES string of the molecule is C=C1C[C@H]2C=Nc3cc(OCCCC(=O)Nc4cn(C)c(C(=O)Cc5ccc(-c6nc7ccc(N)cc7[nH]6)cc5)n4)c(C)cc3C(=O)N2C1. The van der Waals surface area contributed by atoms with E-state index in [2.05, 4.69) is 31.8 Å². The highest BCUT2D eigenvalue weighted by Crippen LogP contribution is 2.35. The number of amides is 2. The zero-order valence-corrected chi connectivity index (χ0v) is 27.3. The van der Waals surface area contributed by atoms with E-state index in [1.54, 1.807) is 35.0 Å². The number of nitrogen functional groups attached to an aromatic ring is 1. The highest BCUT2D eigenvalue weighted by atomic mass is 16.5. The number of carbonyl (C=O) groups is 3. The maximum atomic E-state index is 13.1. The lowest BCUT2D eigenvalue weighted by molar-refractivity contribution is -0.116. The fourth-order valence-corrected chi connectivity index (χ4v) is 6.23. The molecule has 248 valence electrons. The topological polar surface area (TPSA) is 161 Å². The lowest BCUT2D eigenvalue weighted by Crippen LogP contribution is -2.35. The van der Waals surface area contributed by atoms with Crippen LogP contribution in [-0.2, 0) is 18.3 Å². The van der Waals surface area contributed by atoms with Gasteiger partial charge in [-0.3, -0.25) is 19.4 Å². The highest BCUT2D eigenvalue weighted by Gasteiger charge is 2.33. The monoisotopic (exact) mass is 656 g/mol. The van der Waals surface area contributed by atoms with Crippen molar-refractivity contribution in [1.82, 2.24) is 24.4 Å². The number of ether oxygens (including phenoxy) is 1. The molecular weight excluding hydrogens is 620 g/mol. The molecule has 0 radical (unpaired) electrons. The van der Waals surface area contributed by atoms with E-state index in [0.717, 1.165) is 45.5 Å². The van der Waals surface area contributed by atoms with Crippen LogP contribution < -0.4 is 15.8 Å². The summed E-state index contributed by atoms with van der Waals surface area (Å²) in [5, 5.41) is 2.78. The Hall–Kier alpha value is -6.04. The molecule has 4 N–H and O–H groups in total. The number of hydrogen-bond acceptors (Lipinski definition) is 8. The van der Waals surface area contributed by atoms with Crippen molar-refractivity contribution in [2.75, 3.05) is 24.2 Å². The molecule has 2 aliphatic rings. The van der Waals surface area contributed by atoms with Gasteiger partial charge in [-0.15, -0.1) is 0 Å². The van der Waals surface area contributed by atoms with E-state index < -0.39 is 0 Å². The number of nitrogens with zero attached hydrogens (tertiary/aromatic N) is 5. The molecule has 0 spiro atoms. The van der Waals surface area contributed by atoms with Crippen LogP contribution in [0.5, 0.6) is 5.75 Å². The molecule has 2 amide bonds. The van der Waals surface area contributed by atoms with E-state index in [1.165, 1.54) is 0 Å². The number of hydrogen-bond donors (Lipinski definition) is 3. The Balaban J connectivity index is 0.903. The number of Topliss-reactive ketones (excluding diaryl/α,β-unsaturated/α-hetero) is 1. The van der Waals surface area contributed by atoms with Gasteiger partial charge in [0.2, 0.25) is 11.7 Å². The van der Waals surface area contributed by atoms with Crippen molar-refractivity contribution >= 4 is 52.0 Å². The molecule has 12 heteroatoms. The van der Waals surface area contributed by atoms with Crippen LogP contribution in [0.3, 0.4) is 0 Å². The third-order valence-electron chi connectivity index (χ3n) is 8.76. The number of rotatable bonds is 10. The van der Waals surface area contributed by atoms with Gasteiger partial charge in [-0.2, -0.15) is 0 Å². The molecule has 49 heavy (non-hydrogen) atoms. The zero-order valence-electron chi connectivity index (χ0n) is 27.3. The summed E-state index contributed by atoms with van der Waals surface area (Å²) in [5.74, 6) is 1.45. The lowest BCUT2D eigenvalue weighted by atomic mass is 10.1. The largest absolute Gasteiger partial charge is 0.493 e. The second-order valence-electron chi connectivity index (χ2n) is 12.6. The number of imidazole rings is 2. The van der Waals surface area contributed by atoms with Crippen molar-refractivity contribution in [2.24, 2.45) is 12.0 Å². The minimum absolute atomic E-state index is 0.0533. The molecule has 5 aromatic rings. The van der Waals surface area contributed by atoms with Gasteiger partial charge in [0.05, 0.1) is 34.9 Å². The first-order valence-corrected chi connectivity index (χ1v) is 16.1. The Morgan fingerprint density at radius 2 is 1.94 bits per heavy atom. The number of nitrogens with two attached hydrogens (primary N) is 1. The average molecular weight is 657 g/mol. The Morgan fingerprint density at radius 3 is 2.76 bits per heavy atom. The summed E-state index contributed by atoms with van der Waals surface area (Å²) in [6.45, 7) is 6.76. The Labute approximate surface area is 282 Å². The Kier molecular flexibility index (Phi) is 8.29. The van der Waals surface area contributed by atoms with Crippen LogP contribution in [0, 0.1) is 6.92 Å². The summed E-state index contributed by atoms with van der Waals surface area (Å²) in [5.41, 5.74) is 12.9. The van der Waals surface area contributed by atoms with E-state index in [4.69, 9.17) is 10.5 Å². The summed E-state index contributed by atoms with van der Waals surface area (Å²) >= 11 is 0. The van der Waals surface area contributed by atoms with Crippen molar-refractivity contribution in [3.63, 3.8) is 0 Å². The van der Waals surface area contributed by atoms with Gasteiger partial charge >= 0.3 is 0 Å². The van der Waals surface area contributed by atoms with Gasteiger partial charge in [-0.25, -0.2) is 9.97 Å². The summed E-state index contributed by atoms with van der Waals surface area (Å²) in [6.07, 6.45) is 4.97. The smallest absolute Gasteiger partial charge is 0.256 e. The summed E-state index contributed by atoms with van der Waals surface area (Å²) in [4.78, 5) is 57.6. The molecule has 1 atom stereocenters. The number of aromatic nitrogens is 4. The number of carbonyl (C=O) groups excluding carboxylic acids is 3. The molecule has 0 saturated carbocycles. The van der Waals surface area contributed by atoms with Gasteiger partial charge < -0.3 is 30.2 Å². The molecule has 7 rings (SSSR count). The molecule has 2 aromatic heterocycles. The first-order chi connectivity index (χ1) is 23.6. The van der Waals surface area contributed by atoms with Gasteiger partial charge in [-0.05, 0) is 55.2 Å². The Morgan fingerprint density at radius 1 is 1.12 bits per heavy atom. The number of fused-ring (bicyclic) bond motifs is 3. The second kappa shape index (κ2) is 12.9. The Bertz CT molecular complexity index is 2160. The fourth-order valence-electron chi connectivity index (χ4n) is 6.23. The molecule has 0 unspecified atom stereocenters. The van der Waals surface area contributed by atoms with E-state index in [1.807, 2.05) is 55.5 Å². The van der Waals surface area contributed by atoms with Gasteiger partial charge in [0, 0.05) is 56.2 Å². The minimum Gasteiger partial charge on any atom is -0.493 e. The number of aliphatic imine (C=N–C) groups is 1. The van der Waals surface area contributed by atoms with Crippen molar-refractivity contribution in [1.29, 1.82) is 0 Å². The summed E-state index contributed by atoms with van der Waals surface area (Å²) in [6, 6.07) is 16.7. The van der Waals surface area contributed by atoms with Crippen LogP contribution >= 0.6 is 0 Å². The molecular formula is C37H36N8O4. The van der Waals surface area contributed by atoms with Gasteiger partial charge in [-0.1, -0.05) is 36.4 Å². The fraction of sp³-hybridized carbons (Fsp3) is 0.243. The molecule has 1 fully saturated rings. The molecule has 1 saturated heterocycles. The van der Waals surface area contributed by atoms with E-state index in [9.17, 15) is 14.4 Å². The third-order valence-corrected chi connectivity index (χ3v) is 8.76. The predicted molar refractivity (Wildman–Crippen MR) is 188 cm³/mol. The molecule has 0 bridgehead atoms. The summed E-state index contributed by atoms with van der Waals surface area (Å²) < 4.78 is 7.60. The van der Waals surface area contributed by atoms with E-state index >= 15 is 0 Å². The van der Waals surface area contributed by atoms with Crippen LogP contribution in [0.4, 0.5) is 17.2 Å². The van der Waals surface area contributed by atoms with Crippen LogP contribution in [0.15, 0.2) is 77.9 Å². The van der Waals surface area contributed by atoms with Gasteiger partial charge in [0.25, 0.3) is 5.91 Å². The van der Waals surface area contributed by atoms with Crippen LogP contribution in [0.1, 0.15) is 51.4 Å². The molecule has 2 aliphatic heterocycles. The number of aromatic amines is 1. The average Bonchev–Trinajstić information content (AvgIpc) is 3.76. The number of aryl methyl sites for hydroxylation is 2.